The van der Waals surface area contributed by atoms with Crippen molar-refractivity contribution in [2.45, 2.75) is 39.5 Å². The van der Waals surface area contributed by atoms with Crippen LogP contribution in [0.25, 0.3) is 0 Å². The van der Waals surface area contributed by atoms with E-state index >= 15 is 0 Å². The molecule has 0 saturated carbocycles. The van der Waals surface area contributed by atoms with Gasteiger partial charge in [-0.3, -0.25) is 0 Å². The number of carbonyl (C=O) groups excluding carboxylic acids is 1. The summed E-state index contributed by atoms with van der Waals surface area (Å²) in [5.41, 5.74) is 1.10. The highest BCUT2D eigenvalue weighted by atomic mass is 35.5. The summed E-state index contributed by atoms with van der Waals surface area (Å²) in [6, 6.07) is 3.22. The third-order valence-corrected chi connectivity index (χ3v) is 4.27. The number of benzene rings is 1. The van der Waals surface area contributed by atoms with Gasteiger partial charge in [0.15, 0.2) is 0 Å². The summed E-state index contributed by atoms with van der Waals surface area (Å²) in [6.07, 6.45) is 4.41. The summed E-state index contributed by atoms with van der Waals surface area (Å²) < 4.78 is 5.42. The zero-order chi connectivity index (χ0) is 16.7. The van der Waals surface area contributed by atoms with Gasteiger partial charge in [-0.25, -0.2) is 4.79 Å². The Bertz CT molecular complexity index is 480. The summed E-state index contributed by atoms with van der Waals surface area (Å²) >= 11 is 12.4. The Morgan fingerprint density at radius 2 is 1.82 bits per heavy atom. The number of ether oxygens (including phenoxy) is 1. The van der Waals surface area contributed by atoms with Crippen LogP contribution in [-0.2, 0) is 4.74 Å². The monoisotopic (exact) mass is 345 g/mol. The van der Waals surface area contributed by atoms with Gasteiger partial charge in [-0.15, -0.1) is 0 Å². The lowest BCUT2D eigenvalue weighted by molar-refractivity contribution is 0.0428. The average molecular weight is 346 g/mol. The van der Waals surface area contributed by atoms with Crippen molar-refractivity contribution in [2.24, 2.45) is 5.92 Å². The van der Waals surface area contributed by atoms with Gasteiger partial charge in [-0.1, -0.05) is 56.3 Å². The van der Waals surface area contributed by atoms with Crippen LogP contribution in [0.15, 0.2) is 12.1 Å². The molecule has 1 aromatic rings. The first kappa shape index (κ1) is 19.1. The molecule has 5 heteroatoms. The van der Waals surface area contributed by atoms with Crippen molar-refractivity contribution in [1.82, 2.24) is 0 Å². The van der Waals surface area contributed by atoms with E-state index in [0.717, 1.165) is 25.7 Å². The highest BCUT2D eigenvalue weighted by Crippen LogP contribution is 2.34. The highest BCUT2D eigenvalue weighted by molar-refractivity contribution is 6.39. The average Bonchev–Trinajstić information content (AvgIpc) is 2.46. The lowest BCUT2D eigenvalue weighted by atomic mass is 10.0. The third kappa shape index (κ3) is 5.36. The molecule has 0 N–H and O–H groups in total. The normalized spacial score (nSPS) is 12.1. The second kappa shape index (κ2) is 9.26. The van der Waals surface area contributed by atoms with Crippen LogP contribution in [0.2, 0.25) is 10.0 Å². The molecule has 1 rings (SSSR count). The molecule has 124 valence electrons. The molecule has 0 heterocycles. The third-order valence-electron chi connectivity index (χ3n) is 3.69. The van der Waals surface area contributed by atoms with Gasteiger partial charge in [-0.05, 0) is 24.5 Å². The second-order valence-electron chi connectivity index (χ2n) is 5.70. The smallest absolute Gasteiger partial charge is 0.338 e. The maximum absolute atomic E-state index is 12.2. The van der Waals surface area contributed by atoms with Gasteiger partial charge in [0, 0.05) is 14.1 Å². The van der Waals surface area contributed by atoms with E-state index in [-0.39, 0.29) is 5.97 Å². The number of halogens is 2. The fraction of sp³-hybridized carbons (Fsp3) is 0.588. The molecule has 0 aromatic heterocycles. The molecule has 0 radical (unpaired) electrons. The topological polar surface area (TPSA) is 29.5 Å². The van der Waals surface area contributed by atoms with Crippen LogP contribution in [0.4, 0.5) is 5.69 Å². The molecule has 0 fully saturated rings. The van der Waals surface area contributed by atoms with Gasteiger partial charge in [-0.2, -0.15) is 0 Å². The molecule has 0 aliphatic rings. The van der Waals surface area contributed by atoms with Crippen molar-refractivity contribution in [1.29, 1.82) is 0 Å². The Morgan fingerprint density at radius 3 is 2.27 bits per heavy atom. The van der Waals surface area contributed by atoms with Gasteiger partial charge >= 0.3 is 5.97 Å². The van der Waals surface area contributed by atoms with Crippen LogP contribution in [0, 0.1) is 5.92 Å². The molecule has 1 unspecified atom stereocenters. The van der Waals surface area contributed by atoms with E-state index in [1.807, 2.05) is 19.0 Å². The Balaban J connectivity index is 2.74. The van der Waals surface area contributed by atoms with E-state index in [1.165, 1.54) is 0 Å². The van der Waals surface area contributed by atoms with Crippen molar-refractivity contribution in [3.8, 4) is 0 Å². The summed E-state index contributed by atoms with van der Waals surface area (Å²) in [7, 11) is 3.70. The molecule has 0 bridgehead atoms. The molecule has 0 spiro atoms. The molecule has 0 saturated heterocycles. The minimum Gasteiger partial charge on any atom is -0.462 e. The van der Waals surface area contributed by atoms with Crippen LogP contribution in [0.1, 0.15) is 49.9 Å². The van der Waals surface area contributed by atoms with Gasteiger partial charge in [0.1, 0.15) is 0 Å². The minimum absolute atomic E-state index is 0.371. The minimum atomic E-state index is -0.371. The molecular formula is C17H25Cl2NO2. The fourth-order valence-electron chi connectivity index (χ4n) is 2.29. The molecule has 0 amide bonds. The summed E-state index contributed by atoms with van der Waals surface area (Å²) in [4.78, 5) is 14.0. The van der Waals surface area contributed by atoms with E-state index in [0.29, 0.717) is 33.8 Å². The molecule has 1 aromatic carbocycles. The summed E-state index contributed by atoms with van der Waals surface area (Å²) in [6.45, 7) is 4.73. The molecule has 3 nitrogen and oxygen atoms in total. The van der Waals surface area contributed by atoms with E-state index in [2.05, 4.69) is 13.8 Å². The first-order valence-corrected chi connectivity index (χ1v) is 8.49. The van der Waals surface area contributed by atoms with Crippen molar-refractivity contribution >= 4 is 34.9 Å². The second-order valence-corrected chi connectivity index (χ2v) is 6.51. The lowest BCUT2D eigenvalue weighted by Crippen LogP contribution is -2.15. The molecule has 22 heavy (non-hydrogen) atoms. The van der Waals surface area contributed by atoms with Crippen LogP contribution >= 0.6 is 23.2 Å². The predicted molar refractivity (Wildman–Crippen MR) is 94.4 cm³/mol. The van der Waals surface area contributed by atoms with Crippen LogP contribution in [0.3, 0.4) is 0 Å². The molecule has 1 atom stereocenters. The SMILES string of the molecule is CCCCC(CC)COC(=O)c1cc(Cl)c(N(C)C)c(Cl)c1. The lowest BCUT2D eigenvalue weighted by Gasteiger charge is -2.18. The number of esters is 1. The number of nitrogens with zero attached hydrogens (tertiary/aromatic N) is 1. The number of anilines is 1. The number of hydrogen-bond donors (Lipinski definition) is 0. The zero-order valence-corrected chi connectivity index (χ0v) is 15.3. The first-order chi connectivity index (χ1) is 10.4. The van der Waals surface area contributed by atoms with Crippen LogP contribution < -0.4 is 4.90 Å². The van der Waals surface area contributed by atoms with Crippen molar-refractivity contribution in [3.63, 3.8) is 0 Å². The maximum Gasteiger partial charge on any atom is 0.338 e. The number of unbranched alkanes of at least 4 members (excludes halogenated alkanes) is 1. The van der Waals surface area contributed by atoms with E-state index < -0.39 is 0 Å². The van der Waals surface area contributed by atoms with Crippen molar-refractivity contribution in [3.05, 3.63) is 27.7 Å². The standard InChI is InChI=1S/C17H25Cl2NO2/c1-5-7-8-12(6-2)11-22-17(21)13-9-14(18)16(20(3)4)15(19)10-13/h9-10,12H,5-8,11H2,1-4H3. The van der Waals surface area contributed by atoms with Crippen LogP contribution in [0.5, 0.6) is 0 Å². The number of hydrogen-bond acceptors (Lipinski definition) is 3. The predicted octanol–water partition coefficient (Wildman–Crippen LogP) is 5.43. The Kier molecular flexibility index (Phi) is 8.05. The Morgan fingerprint density at radius 1 is 1.23 bits per heavy atom. The quantitative estimate of drug-likeness (QED) is 0.588. The molecule has 0 aliphatic heterocycles. The van der Waals surface area contributed by atoms with E-state index in [1.54, 1.807) is 12.1 Å². The van der Waals surface area contributed by atoms with Crippen molar-refractivity contribution < 1.29 is 9.53 Å². The van der Waals surface area contributed by atoms with Gasteiger partial charge in [0.05, 0.1) is 27.9 Å². The van der Waals surface area contributed by atoms with Gasteiger partial charge in [0.25, 0.3) is 0 Å². The van der Waals surface area contributed by atoms with Gasteiger partial charge < -0.3 is 9.64 Å². The number of rotatable bonds is 8. The van der Waals surface area contributed by atoms with Crippen LogP contribution in [-0.4, -0.2) is 26.7 Å². The maximum atomic E-state index is 12.2. The van der Waals surface area contributed by atoms with E-state index in [9.17, 15) is 4.79 Å². The molecular weight excluding hydrogens is 321 g/mol. The fourth-order valence-corrected chi connectivity index (χ4v) is 3.11. The number of carbonyl (C=O) groups is 1. The van der Waals surface area contributed by atoms with E-state index in [4.69, 9.17) is 27.9 Å². The van der Waals surface area contributed by atoms with Gasteiger partial charge in [0.2, 0.25) is 0 Å². The highest BCUT2D eigenvalue weighted by Gasteiger charge is 2.16. The zero-order valence-electron chi connectivity index (χ0n) is 13.8. The molecule has 0 aliphatic carbocycles. The Hall–Kier alpha value is -0.930. The summed E-state index contributed by atoms with van der Waals surface area (Å²) in [5, 5.41) is 0.893. The largest absolute Gasteiger partial charge is 0.462 e. The van der Waals surface area contributed by atoms with Crippen molar-refractivity contribution in [2.75, 3.05) is 25.6 Å². The first-order valence-electron chi connectivity index (χ1n) is 7.74. The summed E-state index contributed by atoms with van der Waals surface area (Å²) in [5.74, 6) is 0.0416. The Labute approximate surface area is 143 Å².